The van der Waals surface area contributed by atoms with E-state index in [1.807, 2.05) is 73.7 Å². The van der Waals surface area contributed by atoms with E-state index in [-0.39, 0.29) is 24.7 Å². The molecule has 168 valence electrons. The number of ether oxygens (including phenoxy) is 2. The quantitative estimate of drug-likeness (QED) is 0.349. The summed E-state index contributed by atoms with van der Waals surface area (Å²) in [7, 11) is 1.71. The molecular formula is C28H33NO3. The molecule has 4 nitrogen and oxygen atoms in total. The molecular weight excluding hydrogens is 398 g/mol. The van der Waals surface area contributed by atoms with Crippen molar-refractivity contribution in [2.24, 2.45) is 0 Å². The van der Waals surface area contributed by atoms with Gasteiger partial charge in [0.15, 0.2) is 0 Å². The molecule has 0 saturated heterocycles. The fourth-order valence-electron chi connectivity index (χ4n) is 3.70. The van der Waals surface area contributed by atoms with Crippen LogP contribution >= 0.6 is 0 Å². The number of carbonyl (C=O) groups excluding carboxylic acids is 1. The van der Waals surface area contributed by atoms with Gasteiger partial charge in [-0.15, -0.1) is 0 Å². The van der Waals surface area contributed by atoms with E-state index in [1.54, 1.807) is 7.11 Å². The molecule has 0 amide bonds. The van der Waals surface area contributed by atoms with Gasteiger partial charge in [0.05, 0.1) is 6.10 Å². The minimum atomic E-state index is -0.364. The van der Waals surface area contributed by atoms with Crippen LogP contribution in [0.1, 0.15) is 36.5 Å². The van der Waals surface area contributed by atoms with Crippen molar-refractivity contribution in [2.75, 3.05) is 7.11 Å². The molecule has 3 aromatic rings. The van der Waals surface area contributed by atoms with Gasteiger partial charge in [0.2, 0.25) is 0 Å². The molecule has 0 N–H and O–H groups in total. The fraction of sp³-hybridized carbons (Fsp3) is 0.321. The molecule has 0 fully saturated rings. The third-order valence-electron chi connectivity index (χ3n) is 5.64. The van der Waals surface area contributed by atoms with Gasteiger partial charge >= 0.3 is 5.97 Å². The molecule has 2 unspecified atom stereocenters. The molecule has 0 aliphatic carbocycles. The maximum absolute atomic E-state index is 13.3. The van der Waals surface area contributed by atoms with Gasteiger partial charge in [0, 0.05) is 20.2 Å². The molecule has 0 radical (unpaired) electrons. The molecule has 3 rings (SSSR count). The second kappa shape index (κ2) is 12.8. The molecule has 0 aliphatic heterocycles. The molecule has 4 heteroatoms. The third-order valence-corrected chi connectivity index (χ3v) is 5.64. The van der Waals surface area contributed by atoms with Gasteiger partial charge in [-0.3, -0.25) is 9.69 Å². The van der Waals surface area contributed by atoms with Crippen LogP contribution in [0.5, 0.6) is 0 Å². The number of hydrogen-bond acceptors (Lipinski definition) is 4. The van der Waals surface area contributed by atoms with Gasteiger partial charge in [0.1, 0.15) is 12.6 Å². The summed E-state index contributed by atoms with van der Waals surface area (Å²) in [5.74, 6) is -0.191. The van der Waals surface area contributed by atoms with Crippen LogP contribution in [0, 0.1) is 0 Å². The van der Waals surface area contributed by atoms with E-state index in [1.165, 1.54) is 11.1 Å². The summed E-state index contributed by atoms with van der Waals surface area (Å²) in [6.45, 7) is 3.65. The number of hydrogen-bond donors (Lipinski definition) is 0. The van der Waals surface area contributed by atoms with E-state index in [2.05, 4.69) is 29.2 Å². The maximum atomic E-state index is 13.3. The molecule has 3 aromatic carbocycles. The second-order valence-electron chi connectivity index (χ2n) is 8.11. The van der Waals surface area contributed by atoms with E-state index in [4.69, 9.17) is 9.47 Å². The van der Waals surface area contributed by atoms with Crippen LogP contribution in [-0.4, -0.2) is 30.1 Å². The van der Waals surface area contributed by atoms with Gasteiger partial charge in [0.25, 0.3) is 0 Å². The first-order valence-electron chi connectivity index (χ1n) is 11.2. The molecule has 0 bridgehead atoms. The SMILES string of the molecule is COC(C)CCC(C(=O)OCc1ccccc1)N(Cc1ccccc1)Cc1ccccc1. The minimum absolute atomic E-state index is 0.0784. The lowest BCUT2D eigenvalue weighted by atomic mass is 10.0. The average molecular weight is 432 g/mol. The summed E-state index contributed by atoms with van der Waals surface area (Å²) in [5.41, 5.74) is 3.33. The molecule has 32 heavy (non-hydrogen) atoms. The van der Waals surface area contributed by atoms with Crippen molar-refractivity contribution in [1.29, 1.82) is 0 Å². The highest BCUT2D eigenvalue weighted by Gasteiger charge is 2.28. The first-order valence-corrected chi connectivity index (χ1v) is 11.2. The normalized spacial score (nSPS) is 13.0. The smallest absolute Gasteiger partial charge is 0.323 e. The van der Waals surface area contributed by atoms with E-state index < -0.39 is 0 Å². The van der Waals surface area contributed by atoms with Crippen molar-refractivity contribution in [3.05, 3.63) is 108 Å². The Morgan fingerprint density at radius 3 is 1.69 bits per heavy atom. The van der Waals surface area contributed by atoms with Crippen LogP contribution < -0.4 is 0 Å². The van der Waals surface area contributed by atoms with E-state index >= 15 is 0 Å². The standard InChI is InChI=1S/C28H33NO3/c1-23(31-2)18-19-27(28(30)32-22-26-16-10-5-11-17-26)29(20-24-12-6-3-7-13-24)21-25-14-8-4-9-15-25/h3-17,23,27H,18-22H2,1-2H3. The highest BCUT2D eigenvalue weighted by atomic mass is 16.5. The molecule has 0 spiro atoms. The summed E-state index contributed by atoms with van der Waals surface area (Å²) < 4.78 is 11.2. The first-order chi connectivity index (χ1) is 15.7. The second-order valence-corrected chi connectivity index (χ2v) is 8.11. The Kier molecular flexibility index (Phi) is 9.48. The molecule has 2 atom stereocenters. The number of rotatable bonds is 12. The maximum Gasteiger partial charge on any atom is 0.323 e. The van der Waals surface area contributed by atoms with Crippen LogP contribution in [0.25, 0.3) is 0 Å². The predicted octanol–water partition coefficient (Wildman–Crippen LogP) is 5.62. The zero-order valence-corrected chi connectivity index (χ0v) is 19.0. The fourth-order valence-corrected chi connectivity index (χ4v) is 3.70. The van der Waals surface area contributed by atoms with Crippen LogP contribution in [0.15, 0.2) is 91.0 Å². The zero-order chi connectivity index (χ0) is 22.6. The average Bonchev–Trinajstić information content (AvgIpc) is 2.84. The summed E-state index contributed by atoms with van der Waals surface area (Å²) in [4.78, 5) is 15.6. The van der Waals surface area contributed by atoms with E-state index in [0.717, 1.165) is 12.0 Å². The van der Waals surface area contributed by atoms with Crippen LogP contribution in [-0.2, 0) is 34.0 Å². The lowest BCUT2D eigenvalue weighted by molar-refractivity contribution is -0.152. The summed E-state index contributed by atoms with van der Waals surface area (Å²) in [6, 6.07) is 30.0. The topological polar surface area (TPSA) is 38.8 Å². The van der Waals surface area contributed by atoms with Crippen molar-refractivity contribution in [1.82, 2.24) is 4.90 Å². The summed E-state index contributed by atoms with van der Waals surface area (Å²) in [5, 5.41) is 0. The highest BCUT2D eigenvalue weighted by Crippen LogP contribution is 2.20. The zero-order valence-electron chi connectivity index (χ0n) is 19.0. The van der Waals surface area contributed by atoms with Crippen LogP contribution in [0.3, 0.4) is 0 Å². The van der Waals surface area contributed by atoms with Crippen molar-refractivity contribution in [2.45, 2.75) is 51.6 Å². The largest absolute Gasteiger partial charge is 0.460 e. The molecule has 0 aliphatic rings. The minimum Gasteiger partial charge on any atom is -0.460 e. The van der Waals surface area contributed by atoms with Gasteiger partial charge < -0.3 is 9.47 Å². The number of carbonyl (C=O) groups is 1. The van der Waals surface area contributed by atoms with Crippen molar-refractivity contribution < 1.29 is 14.3 Å². The monoisotopic (exact) mass is 431 g/mol. The van der Waals surface area contributed by atoms with E-state index in [0.29, 0.717) is 19.5 Å². The summed E-state index contributed by atoms with van der Waals surface area (Å²) in [6.07, 6.45) is 1.53. The van der Waals surface area contributed by atoms with Gasteiger partial charge in [-0.25, -0.2) is 0 Å². The van der Waals surface area contributed by atoms with Crippen LogP contribution in [0.2, 0.25) is 0 Å². The van der Waals surface area contributed by atoms with Gasteiger partial charge in [-0.05, 0) is 36.5 Å². The number of benzene rings is 3. The Labute approximate surface area is 191 Å². The van der Waals surface area contributed by atoms with Crippen molar-refractivity contribution in [3.63, 3.8) is 0 Å². The molecule has 0 heterocycles. The lowest BCUT2D eigenvalue weighted by Gasteiger charge is -2.31. The Hall–Kier alpha value is -2.95. The summed E-state index contributed by atoms with van der Waals surface area (Å²) >= 11 is 0. The Morgan fingerprint density at radius 1 is 0.750 bits per heavy atom. The Morgan fingerprint density at radius 2 is 1.22 bits per heavy atom. The van der Waals surface area contributed by atoms with Gasteiger partial charge in [-0.1, -0.05) is 91.0 Å². The third kappa shape index (κ3) is 7.63. The Bertz CT molecular complexity index is 874. The van der Waals surface area contributed by atoms with Crippen LogP contribution in [0.4, 0.5) is 0 Å². The Balaban J connectivity index is 1.81. The van der Waals surface area contributed by atoms with E-state index in [9.17, 15) is 4.79 Å². The first kappa shape index (κ1) is 23.7. The highest BCUT2D eigenvalue weighted by molar-refractivity contribution is 5.75. The predicted molar refractivity (Wildman–Crippen MR) is 128 cm³/mol. The molecule has 0 saturated carbocycles. The number of methoxy groups -OCH3 is 1. The van der Waals surface area contributed by atoms with Crippen molar-refractivity contribution >= 4 is 5.97 Å². The van der Waals surface area contributed by atoms with Crippen molar-refractivity contribution in [3.8, 4) is 0 Å². The van der Waals surface area contributed by atoms with Gasteiger partial charge in [-0.2, -0.15) is 0 Å². The molecule has 0 aromatic heterocycles. The lowest BCUT2D eigenvalue weighted by Crippen LogP contribution is -2.42. The number of esters is 1. The number of nitrogens with zero attached hydrogens (tertiary/aromatic N) is 1.